The molecule has 0 unspecified atom stereocenters. The Labute approximate surface area is 93.3 Å². The molecule has 1 atom stereocenters. The van der Waals surface area contributed by atoms with Gasteiger partial charge in [0.1, 0.15) is 5.82 Å². The van der Waals surface area contributed by atoms with E-state index in [-0.39, 0.29) is 23.9 Å². The van der Waals surface area contributed by atoms with Crippen molar-refractivity contribution in [2.75, 3.05) is 12.3 Å². The number of nitrogen functional groups attached to an aromatic ring is 1. The standard InChI is InChI=1S/C11H15FN2O2/c1-2-8(6-15)14-11(16)7-3-4-10(13)9(12)5-7/h3-5,8,15H,2,6,13H2,1H3,(H,14,16)/t8-/m0/s1. The average Bonchev–Trinajstić information content (AvgIpc) is 2.29. The van der Waals surface area contributed by atoms with Crippen LogP contribution in [-0.2, 0) is 0 Å². The lowest BCUT2D eigenvalue weighted by Gasteiger charge is -2.14. The first-order valence-corrected chi connectivity index (χ1v) is 5.05. The van der Waals surface area contributed by atoms with Gasteiger partial charge in [-0.25, -0.2) is 4.39 Å². The van der Waals surface area contributed by atoms with E-state index in [1.807, 2.05) is 6.92 Å². The predicted molar refractivity (Wildman–Crippen MR) is 59.4 cm³/mol. The third-order valence-electron chi connectivity index (χ3n) is 2.31. The number of amides is 1. The molecule has 0 radical (unpaired) electrons. The zero-order chi connectivity index (χ0) is 12.1. The van der Waals surface area contributed by atoms with Crippen molar-refractivity contribution in [1.82, 2.24) is 5.32 Å². The van der Waals surface area contributed by atoms with Gasteiger partial charge in [0.05, 0.1) is 18.3 Å². The van der Waals surface area contributed by atoms with Crippen molar-refractivity contribution in [3.05, 3.63) is 29.6 Å². The summed E-state index contributed by atoms with van der Waals surface area (Å²) in [7, 11) is 0. The summed E-state index contributed by atoms with van der Waals surface area (Å²) in [4.78, 5) is 11.6. The number of nitrogens with one attached hydrogen (secondary N) is 1. The maximum atomic E-state index is 13.1. The normalized spacial score (nSPS) is 12.2. The lowest BCUT2D eigenvalue weighted by molar-refractivity contribution is 0.0914. The van der Waals surface area contributed by atoms with Gasteiger partial charge < -0.3 is 16.2 Å². The molecular formula is C11H15FN2O2. The summed E-state index contributed by atoms with van der Waals surface area (Å²) in [6, 6.07) is 3.55. The van der Waals surface area contributed by atoms with Gasteiger partial charge in [-0.3, -0.25) is 4.79 Å². The minimum atomic E-state index is -0.621. The number of rotatable bonds is 4. The average molecular weight is 226 g/mol. The molecule has 0 fully saturated rings. The first-order valence-electron chi connectivity index (χ1n) is 5.05. The van der Waals surface area contributed by atoms with E-state index in [2.05, 4.69) is 5.32 Å². The number of halogens is 1. The number of nitrogens with two attached hydrogens (primary N) is 1. The lowest BCUT2D eigenvalue weighted by Crippen LogP contribution is -2.36. The number of carbonyl (C=O) groups excluding carboxylic acids is 1. The van der Waals surface area contributed by atoms with Crippen LogP contribution in [0.15, 0.2) is 18.2 Å². The van der Waals surface area contributed by atoms with Gasteiger partial charge >= 0.3 is 0 Å². The van der Waals surface area contributed by atoms with Gasteiger partial charge in [0.25, 0.3) is 5.91 Å². The van der Waals surface area contributed by atoms with Crippen LogP contribution in [0.5, 0.6) is 0 Å². The monoisotopic (exact) mass is 226 g/mol. The van der Waals surface area contributed by atoms with Crippen LogP contribution in [-0.4, -0.2) is 23.7 Å². The van der Waals surface area contributed by atoms with Crippen molar-refractivity contribution in [2.24, 2.45) is 0 Å². The molecule has 1 rings (SSSR count). The number of hydrogen-bond acceptors (Lipinski definition) is 3. The smallest absolute Gasteiger partial charge is 0.251 e. The number of carbonyl (C=O) groups is 1. The summed E-state index contributed by atoms with van der Waals surface area (Å²) in [6.07, 6.45) is 0.611. The van der Waals surface area contributed by atoms with Crippen molar-refractivity contribution < 1.29 is 14.3 Å². The second kappa shape index (κ2) is 5.46. The highest BCUT2D eigenvalue weighted by Crippen LogP contribution is 2.12. The van der Waals surface area contributed by atoms with E-state index in [4.69, 9.17) is 10.8 Å². The summed E-state index contributed by atoms with van der Waals surface area (Å²) in [5.41, 5.74) is 5.49. The molecule has 0 aliphatic heterocycles. The highest BCUT2D eigenvalue weighted by atomic mass is 19.1. The first kappa shape index (κ1) is 12.4. The molecule has 1 amide bonds. The number of hydrogen-bond donors (Lipinski definition) is 3. The molecule has 0 saturated heterocycles. The van der Waals surface area contributed by atoms with E-state index in [1.54, 1.807) is 0 Å². The highest BCUT2D eigenvalue weighted by Gasteiger charge is 2.12. The molecule has 0 spiro atoms. The van der Waals surface area contributed by atoms with E-state index in [1.165, 1.54) is 12.1 Å². The molecule has 1 aromatic rings. The summed E-state index contributed by atoms with van der Waals surface area (Å²) in [5, 5.41) is 11.5. The maximum absolute atomic E-state index is 13.1. The molecule has 5 heteroatoms. The zero-order valence-electron chi connectivity index (χ0n) is 9.03. The summed E-state index contributed by atoms with van der Waals surface area (Å²) in [5.74, 6) is -1.04. The van der Waals surface area contributed by atoms with Crippen LogP contribution >= 0.6 is 0 Å². The molecule has 0 aliphatic carbocycles. The Morgan fingerprint density at radius 3 is 2.81 bits per heavy atom. The molecule has 16 heavy (non-hydrogen) atoms. The molecule has 0 bridgehead atoms. The van der Waals surface area contributed by atoms with Crippen LogP contribution < -0.4 is 11.1 Å². The van der Waals surface area contributed by atoms with Crippen molar-refractivity contribution in [3.8, 4) is 0 Å². The van der Waals surface area contributed by atoms with Gasteiger partial charge in [-0.2, -0.15) is 0 Å². The third kappa shape index (κ3) is 2.93. The number of aliphatic hydroxyl groups excluding tert-OH is 1. The second-order valence-electron chi connectivity index (χ2n) is 3.50. The fraction of sp³-hybridized carbons (Fsp3) is 0.364. The van der Waals surface area contributed by atoms with E-state index in [0.717, 1.165) is 6.07 Å². The van der Waals surface area contributed by atoms with Crippen molar-refractivity contribution in [3.63, 3.8) is 0 Å². The van der Waals surface area contributed by atoms with Crippen LogP contribution in [0, 0.1) is 5.82 Å². The van der Waals surface area contributed by atoms with Crippen LogP contribution in [0.3, 0.4) is 0 Å². The largest absolute Gasteiger partial charge is 0.396 e. The Hall–Kier alpha value is -1.62. The predicted octanol–water partition coefficient (Wildman–Crippen LogP) is 0.909. The summed E-state index contributed by atoms with van der Waals surface area (Å²) < 4.78 is 13.1. The minimum Gasteiger partial charge on any atom is -0.396 e. The molecule has 88 valence electrons. The Morgan fingerprint density at radius 1 is 1.62 bits per heavy atom. The van der Waals surface area contributed by atoms with Crippen molar-refractivity contribution >= 4 is 11.6 Å². The molecule has 0 aliphatic rings. The third-order valence-corrected chi connectivity index (χ3v) is 2.31. The van der Waals surface area contributed by atoms with Crippen LogP contribution in [0.2, 0.25) is 0 Å². The van der Waals surface area contributed by atoms with Gasteiger partial charge in [-0.15, -0.1) is 0 Å². The summed E-state index contributed by atoms with van der Waals surface area (Å²) >= 11 is 0. The molecule has 4 nitrogen and oxygen atoms in total. The van der Waals surface area contributed by atoms with Gasteiger partial charge in [0, 0.05) is 5.56 Å². The topological polar surface area (TPSA) is 75.3 Å². The maximum Gasteiger partial charge on any atom is 0.251 e. The van der Waals surface area contributed by atoms with Gasteiger partial charge in [-0.05, 0) is 24.6 Å². The SMILES string of the molecule is CC[C@@H](CO)NC(=O)c1ccc(N)c(F)c1. The van der Waals surface area contributed by atoms with Crippen LogP contribution in [0.1, 0.15) is 23.7 Å². The van der Waals surface area contributed by atoms with E-state index < -0.39 is 11.7 Å². The van der Waals surface area contributed by atoms with E-state index >= 15 is 0 Å². The fourth-order valence-corrected chi connectivity index (χ4v) is 1.21. The fourth-order valence-electron chi connectivity index (χ4n) is 1.21. The molecule has 0 saturated carbocycles. The Bertz CT molecular complexity index is 378. The molecule has 1 aromatic carbocycles. The Balaban J connectivity index is 2.76. The lowest BCUT2D eigenvalue weighted by atomic mass is 10.1. The molecular weight excluding hydrogens is 211 g/mol. The molecule has 0 aromatic heterocycles. The number of anilines is 1. The number of benzene rings is 1. The minimum absolute atomic E-state index is 0.00532. The first-order chi connectivity index (χ1) is 7.58. The second-order valence-corrected chi connectivity index (χ2v) is 3.50. The quantitative estimate of drug-likeness (QED) is 0.668. The summed E-state index contributed by atoms with van der Waals surface area (Å²) in [6.45, 7) is 1.70. The van der Waals surface area contributed by atoms with E-state index in [9.17, 15) is 9.18 Å². The molecule has 4 N–H and O–H groups in total. The van der Waals surface area contributed by atoms with Crippen molar-refractivity contribution in [2.45, 2.75) is 19.4 Å². The van der Waals surface area contributed by atoms with Crippen LogP contribution in [0.25, 0.3) is 0 Å². The Kier molecular flexibility index (Phi) is 4.25. The molecule has 0 heterocycles. The van der Waals surface area contributed by atoms with Gasteiger partial charge in [0.15, 0.2) is 0 Å². The van der Waals surface area contributed by atoms with Crippen molar-refractivity contribution in [1.29, 1.82) is 0 Å². The van der Waals surface area contributed by atoms with Gasteiger partial charge in [0.2, 0.25) is 0 Å². The van der Waals surface area contributed by atoms with Gasteiger partial charge in [-0.1, -0.05) is 6.92 Å². The zero-order valence-corrected chi connectivity index (χ0v) is 9.03. The highest BCUT2D eigenvalue weighted by molar-refractivity contribution is 5.94. The number of aliphatic hydroxyl groups is 1. The van der Waals surface area contributed by atoms with Crippen LogP contribution in [0.4, 0.5) is 10.1 Å². The Morgan fingerprint density at radius 2 is 2.31 bits per heavy atom. The van der Waals surface area contributed by atoms with E-state index in [0.29, 0.717) is 6.42 Å².